The van der Waals surface area contributed by atoms with Crippen molar-refractivity contribution in [3.63, 3.8) is 0 Å². The molecule has 5 nitrogen and oxygen atoms in total. The van der Waals surface area contributed by atoms with E-state index in [0.717, 1.165) is 15.4 Å². The number of hydrogen-bond donors (Lipinski definition) is 2. The van der Waals surface area contributed by atoms with Gasteiger partial charge in [0, 0.05) is 29.5 Å². The first-order valence-electron chi connectivity index (χ1n) is 7.12. The van der Waals surface area contributed by atoms with E-state index in [1.165, 1.54) is 0 Å². The highest BCUT2D eigenvalue weighted by Crippen LogP contribution is 2.21. The van der Waals surface area contributed by atoms with Gasteiger partial charge in [0.1, 0.15) is 5.69 Å². The van der Waals surface area contributed by atoms with Gasteiger partial charge in [0.25, 0.3) is 5.91 Å². The van der Waals surface area contributed by atoms with Crippen molar-refractivity contribution in [3.05, 3.63) is 64.5 Å². The molecule has 1 amide bonds. The molecule has 3 rings (SSSR count). The van der Waals surface area contributed by atoms with E-state index >= 15 is 0 Å². The highest BCUT2D eigenvalue weighted by atomic mass is 79.9. The van der Waals surface area contributed by atoms with Gasteiger partial charge < -0.3 is 11.1 Å². The van der Waals surface area contributed by atoms with Crippen LogP contribution in [0.5, 0.6) is 0 Å². The van der Waals surface area contributed by atoms with E-state index in [0.29, 0.717) is 16.9 Å². The number of rotatable bonds is 3. The van der Waals surface area contributed by atoms with Crippen LogP contribution in [0.3, 0.4) is 0 Å². The highest BCUT2D eigenvalue weighted by Gasteiger charge is 2.10. The number of halogens is 1. The molecule has 0 aliphatic heterocycles. The first kappa shape index (κ1) is 15.6. The van der Waals surface area contributed by atoms with Gasteiger partial charge in [-0.1, -0.05) is 12.1 Å². The van der Waals surface area contributed by atoms with Crippen molar-refractivity contribution in [2.24, 2.45) is 5.73 Å². The summed E-state index contributed by atoms with van der Waals surface area (Å²) in [6.45, 7) is 1.92. The Balaban J connectivity index is 1.84. The maximum Gasteiger partial charge on any atom is 0.274 e. The van der Waals surface area contributed by atoms with Gasteiger partial charge in [0.2, 0.25) is 0 Å². The van der Waals surface area contributed by atoms with Crippen molar-refractivity contribution in [3.8, 4) is 0 Å². The van der Waals surface area contributed by atoms with Crippen molar-refractivity contribution in [2.45, 2.75) is 13.0 Å². The lowest BCUT2D eigenvalue weighted by Gasteiger charge is -2.09. The molecule has 0 saturated carbocycles. The van der Waals surface area contributed by atoms with Crippen LogP contribution in [-0.2, 0) is 0 Å². The van der Waals surface area contributed by atoms with Crippen molar-refractivity contribution >= 4 is 38.4 Å². The van der Waals surface area contributed by atoms with Gasteiger partial charge in [0.15, 0.2) is 0 Å². The predicted molar refractivity (Wildman–Crippen MR) is 94.2 cm³/mol. The van der Waals surface area contributed by atoms with E-state index < -0.39 is 0 Å². The Morgan fingerprint density at radius 2 is 1.91 bits per heavy atom. The quantitative estimate of drug-likeness (QED) is 0.736. The van der Waals surface area contributed by atoms with Crippen LogP contribution in [-0.4, -0.2) is 15.9 Å². The molecular formula is C17H15BrN4O. The zero-order valence-electron chi connectivity index (χ0n) is 12.5. The Morgan fingerprint density at radius 3 is 2.61 bits per heavy atom. The summed E-state index contributed by atoms with van der Waals surface area (Å²) in [4.78, 5) is 20.8. The van der Waals surface area contributed by atoms with Crippen molar-refractivity contribution < 1.29 is 4.79 Å². The monoisotopic (exact) mass is 370 g/mol. The van der Waals surface area contributed by atoms with E-state index in [9.17, 15) is 4.79 Å². The number of fused-ring (bicyclic) bond motifs is 1. The highest BCUT2D eigenvalue weighted by molar-refractivity contribution is 9.10. The maximum atomic E-state index is 12.4. The fourth-order valence-corrected chi connectivity index (χ4v) is 2.64. The Bertz CT molecular complexity index is 862. The summed E-state index contributed by atoms with van der Waals surface area (Å²) in [5, 5.41) is 3.71. The minimum Gasteiger partial charge on any atom is -0.324 e. The topological polar surface area (TPSA) is 80.9 Å². The Hall–Kier alpha value is -2.31. The van der Waals surface area contributed by atoms with Crippen molar-refractivity contribution in [1.82, 2.24) is 9.97 Å². The minimum absolute atomic E-state index is 0.0344. The fraction of sp³-hybridized carbons (Fsp3) is 0.118. The molecule has 0 fully saturated rings. The lowest BCUT2D eigenvalue weighted by molar-refractivity contribution is 0.102. The number of hydrogen-bond acceptors (Lipinski definition) is 4. The van der Waals surface area contributed by atoms with Crippen LogP contribution in [0.1, 0.15) is 29.0 Å². The molecule has 23 heavy (non-hydrogen) atoms. The van der Waals surface area contributed by atoms with Crippen LogP contribution >= 0.6 is 15.9 Å². The molecule has 0 aliphatic carbocycles. The van der Waals surface area contributed by atoms with E-state index in [1.807, 2.05) is 37.3 Å². The molecule has 6 heteroatoms. The molecule has 2 aromatic heterocycles. The second-order valence-corrected chi connectivity index (χ2v) is 6.11. The van der Waals surface area contributed by atoms with Gasteiger partial charge in [-0.2, -0.15) is 0 Å². The Morgan fingerprint density at radius 1 is 1.17 bits per heavy atom. The molecule has 1 aromatic carbocycles. The van der Waals surface area contributed by atoms with Crippen LogP contribution in [0.15, 0.2) is 53.3 Å². The van der Waals surface area contributed by atoms with Crippen LogP contribution in [0.2, 0.25) is 0 Å². The summed E-state index contributed by atoms with van der Waals surface area (Å²) in [6, 6.07) is 10.9. The standard InChI is InChI=1S/C17H15BrN4O/c1-10(19)11-2-5-13(6-3-11)21-17(23)15-7-4-12-8-20-9-14(18)16(12)22-15/h2-10H,19H2,1H3,(H,21,23). The summed E-state index contributed by atoms with van der Waals surface area (Å²) in [7, 11) is 0. The molecule has 1 atom stereocenters. The minimum atomic E-state index is -0.260. The van der Waals surface area contributed by atoms with Crippen molar-refractivity contribution in [1.29, 1.82) is 0 Å². The molecule has 0 saturated heterocycles. The van der Waals surface area contributed by atoms with Gasteiger partial charge in [-0.25, -0.2) is 4.98 Å². The molecule has 0 spiro atoms. The fourth-order valence-electron chi connectivity index (χ4n) is 2.20. The average molecular weight is 371 g/mol. The number of aromatic nitrogens is 2. The number of nitrogens with one attached hydrogen (secondary N) is 1. The summed E-state index contributed by atoms with van der Waals surface area (Å²) < 4.78 is 0.755. The zero-order chi connectivity index (χ0) is 16.4. The summed E-state index contributed by atoms with van der Waals surface area (Å²) >= 11 is 3.40. The third kappa shape index (κ3) is 3.38. The van der Waals surface area contributed by atoms with Crippen LogP contribution in [0.25, 0.3) is 10.9 Å². The van der Waals surface area contributed by atoms with Crippen LogP contribution in [0, 0.1) is 0 Å². The average Bonchev–Trinajstić information content (AvgIpc) is 2.55. The van der Waals surface area contributed by atoms with Gasteiger partial charge in [-0.3, -0.25) is 9.78 Å². The van der Waals surface area contributed by atoms with Crippen LogP contribution < -0.4 is 11.1 Å². The molecule has 3 aromatic rings. The number of benzene rings is 1. The number of pyridine rings is 2. The summed E-state index contributed by atoms with van der Waals surface area (Å²) in [6.07, 6.45) is 3.37. The number of anilines is 1. The normalized spacial score (nSPS) is 12.1. The van der Waals surface area contributed by atoms with Crippen molar-refractivity contribution in [2.75, 3.05) is 5.32 Å². The van der Waals surface area contributed by atoms with E-state index in [-0.39, 0.29) is 11.9 Å². The Labute approximate surface area is 142 Å². The molecule has 3 N–H and O–H groups in total. The molecule has 0 bridgehead atoms. The Kier molecular flexibility index (Phi) is 4.36. The summed E-state index contributed by atoms with van der Waals surface area (Å²) in [5.41, 5.74) is 8.59. The zero-order valence-corrected chi connectivity index (χ0v) is 14.0. The van der Waals surface area contributed by atoms with E-state index in [1.54, 1.807) is 18.5 Å². The SMILES string of the molecule is CC(N)c1ccc(NC(=O)c2ccc3cncc(Br)c3n2)cc1. The second-order valence-electron chi connectivity index (χ2n) is 5.25. The third-order valence-corrected chi connectivity index (χ3v) is 4.06. The number of carbonyl (C=O) groups is 1. The molecular weight excluding hydrogens is 356 g/mol. The van der Waals surface area contributed by atoms with E-state index in [4.69, 9.17) is 5.73 Å². The van der Waals surface area contributed by atoms with Gasteiger partial charge in [-0.05, 0) is 52.7 Å². The first-order valence-corrected chi connectivity index (χ1v) is 7.91. The number of amides is 1. The number of carbonyl (C=O) groups excluding carboxylic acids is 1. The molecule has 0 aliphatic rings. The lowest BCUT2D eigenvalue weighted by Crippen LogP contribution is -2.14. The van der Waals surface area contributed by atoms with Gasteiger partial charge >= 0.3 is 0 Å². The first-order chi connectivity index (χ1) is 11.0. The largest absolute Gasteiger partial charge is 0.324 e. The van der Waals surface area contributed by atoms with Crippen LogP contribution in [0.4, 0.5) is 5.69 Å². The van der Waals surface area contributed by atoms with Gasteiger partial charge in [0.05, 0.1) is 9.99 Å². The predicted octanol–water partition coefficient (Wildman–Crippen LogP) is 3.66. The number of nitrogens with zero attached hydrogens (tertiary/aromatic N) is 2. The summed E-state index contributed by atoms with van der Waals surface area (Å²) in [5.74, 6) is -0.260. The van der Waals surface area contributed by atoms with E-state index in [2.05, 4.69) is 31.2 Å². The second kappa shape index (κ2) is 6.44. The molecule has 1 unspecified atom stereocenters. The number of nitrogens with two attached hydrogens (primary N) is 1. The molecule has 0 radical (unpaired) electrons. The smallest absolute Gasteiger partial charge is 0.274 e. The lowest BCUT2D eigenvalue weighted by atomic mass is 10.1. The molecule has 116 valence electrons. The van der Waals surface area contributed by atoms with Gasteiger partial charge in [-0.15, -0.1) is 0 Å². The molecule has 2 heterocycles. The third-order valence-electron chi connectivity index (χ3n) is 3.48. The maximum absolute atomic E-state index is 12.4.